The van der Waals surface area contributed by atoms with Crippen LogP contribution >= 0.6 is 11.3 Å². The van der Waals surface area contributed by atoms with Gasteiger partial charge in [-0.15, -0.1) is 11.3 Å². The van der Waals surface area contributed by atoms with E-state index in [4.69, 9.17) is 9.84 Å². The molecule has 1 heterocycles. The molecule has 0 saturated carbocycles. The van der Waals surface area contributed by atoms with Crippen molar-refractivity contribution in [1.82, 2.24) is 4.90 Å². The third-order valence-corrected chi connectivity index (χ3v) is 3.37. The van der Waals surface area contributed by atoms with Crippen molar-refractivity contribution in [1.29, 1.82) is 0 Å². The highest BCUT2D eigenvalue weighted by atomic mass is 32.1. The first-order valence-electron chi connectivity index (χ1n) is 5.65. The van der Waals surface area contributed by atoms with Gasteiger partial charge in [-0.2, -0.15) is 0 Å². The fourth-order valence-corrected chi connectivity index (χ4v) is 2.39. The molecule has 0 unspecified atom stereocenters. The van der Waals surface area contributed by atoms with Crippen molar-refractivity contribution < 1.29 is 14.6 Å². The van der Waals surface area contributed by atoms with Crippen LogP contribution in [-0.4, -0.2) is 42.2 Å². The molecule has 0 bridgehead atoms. The number of ether oxygens (including phenoxy) is 1. The molecule has 0 aliphatic carbocycles. The summed E-state index contributed by atoms with van der Waals surface area (Å²) in [5.41, 5.74) is 0. The van der Waals surface area contributed by atoms with Crippen LogP contribution in [0.25, 0.3) is 0 Å². The summed E-state index contributed by atoms with van der Waals surface area (Å²) in [6.45, 7) is 4.59. The van der Waals surface area contributed by atoms with E-state index in [9.17, 15) is 4.79 Å². The molecule has 0 radical (unpaired) electrons. The van der Waals surface area contributed by atoms with Crippen molar-refractivity contribution >= 4 is 17.2 Å². The molecule has 0 fully saturated rings. The van der Waals surface area contributed by atoms with E-state index in [1.54, 1.807) is 18.1 Å². The summed E-state index contributed by atoms with van der Waals surface area (Å²) in [6, 6.07) is 1.91. The van der Waals surface area contributed by atoms with Crippen LogP contribution in [0.3, 0.4) is 0 Å². The number of aliphatic hydroxyl groups excluding tert-OH is 1. The Morgan fingerprint density at radius 1 is 1.59 bits per heavy atom. The van der Waals surface area contributed by atoms with Crippen molar-refractivity contribution in [3.63, 3.8) is 0 Å². The lowest BCUT2D eigenvalue weighted by molar-refractivity contribution is 0.0695. The molecule has 1 rings (SSSR count). The van der Waals surface area contributed by atoms with Gasteiger partial charge in [0.05, 0.1) is 7.11 Å². The number of nitrogens with zero attached hydrogens (tertiary/aromatic N) is 1. The van der Waals surface area contributed by atoms with E-state index >= 15 is 0 Å². The van der Waals surface area contributed by atoms with Gasteiger partial charge in [-0.3, -0.25) is 4.79 Å². The zero-order valence-corrected chi connectivity index (χ0v) is 11.3. The molecule has 96 valence electrons. The van der Waals surface area contributed by atoms with Gasteiger partial charge >= 0.3 is 0 Å². The van der Waals surface area contributed by atoms with E-state index < -0.39 is 0 Å². The molecule has 0 aliphatic heterocycles. The molecular formula is C12H19NO3S. The number of thiophene rings is 1. The zero-order chi connectivity index (χ0) is 12.8. The highest BCUT2D eigenvalue weighted by molar-refractivity contribution is 7.12. The Morgan fingerprint density at radius 2 is 2.29 bits per heavy atom. The molecular weight excluding hydrogens is 238 g/mol. The van der Waals surface area contributed by atoms with Gasteiger partial charge in [0.15, 0.2) is 0 Å². The third-order valence-electron chi connectivity index (χ3n) is 2.48. The highest BCUT2D eigenvalue weighted by Crippen LogP contribution is 2.26. The smallest absolute Gasteiger partial charge is 0.267 e. The van der Waals surface area contributed by atoms with E-state index in [-0.39, 0.29) is 18.6 Å². The maximum Gasteiger partial charge on any atom is 0.267 e. The Kier molecular flexibility index (Phi) is 5.44. The first-order chi connectivity index (χ1) is 8.11. The van der Waals surface area contributed by atoms with Crippen molar-refractivity contribution in [2.45, 2.75) is 26.3 Å². The minimum absolute atomic E-state index is 0.0275. The topological polar surface area (TPSA) is 49.8 Å². The predicted octanol–water partition coefficient (Wildman–Crippen LogP) is 1.99. The van der Waals surface area contributed by atoms with Crippen LogP contribution < -0.4 is 4.74 Å². The number of carbonyl (C=O) groups excluding carboxylic acids is 1. The van der Waals surface area contributed by atoms with E-state index in [0.29, 0.717) is 23.6 Å². The Hall–Kier alpha value is -1.07. The Bertz CT molecular complexity index is 362. The van der Waals surface area contributed by atoms with Gasteiger partial charge in [0.25, 0.3) is 5.91 Å². The lowest BCUT2D eigenvalue weighted by Gasteiger charge is -2.26. The fraction of sp³-hybridized carbons (Fsp3) is 0.583. The molecule has 1 aromatic rings. The Morgan fingerprint density at radius 3 is 2.82 bits per heavy atom. The van der Waals surface area contributed by atoms with Crippen molar-refractivity contribution in [3.8, 4) is 5.75 Å². The van der Waals surface area contributed by atoms with Gasteiger partial charge in [0.2, 0.25) is 0 Å². The highest BCUT2D eigenvalue weighted by Gasteiger charge is 2.22. The average molecular weight is 257 g/mol. The minimum atomic E-state index is -0.0275. The molecule has 0 aliphatic rings. The molecule has 5 heteroatoms. The summed E-state index contributed by atoms with van der Waals surface area (Å²) in [4.78, 5) is 14.7. The van der Waals surface area contributed by atoms with Gasteiger partial charge in [-0.05, 0) is 31.7 Å². The van der Waals surface area contributed by atoms with E-state index in [1.807, 2.05) is 19.2 Å². The second-order valence-electron chi connectivity index (χ2n) is 3.99. The minimum Gasteiger partial charge on any atom is -0.495 e. The van der Waals surface area contributed by atoms with Gasteiger partial charge in [0, 0.05) is 19.2 Å². The zero-order valence-electron chi connectivity index (χ0n) is 10.5. The molecule has 0 aromatic carbocycles. The van der Waals surface area contributed by atoms with Gasteiger partial charge in [-0.1, -0.05) is 0 Å². The number of aliphatic hydroxyl groups is 1. The number of amides is 1. The van der Waals surface area contributed by atoms with Gasteiger partial charge in [-0.25, -0.2) is 0 Å². The van der Waals surface area contributed by atoms with Crippen LogP contribution in [0.2, 0.25) is 0 Å². The van der Waals surface area contributed by atoms with Crippen LogP contribution in [0, 0.1) is 0 Å². The average Bonchev–Trinajstić information content (AvgIpc) is 2.76. The number of hydrogen-bond donors (Lipinski definition) is 1. The summed E-state index contributed by atoms with van der Waals surface area (Å²) in [7, 11) is 1.56. The molecule has 1 aromatic heterocycles. The Labute approximate surface area is 106 Å². The molecule has 0 spiro atoms. The Balaban J connectivity index is 2.84. The van der Waals surface area contributed by atoms with Crippen molar-refractivity contribution in [2.75, 3.05) is 20.3 Å². The number of methoxy groups -OCH3 is 1. The molecule has 1 amide bonds. The SMILES string of the molecule is COc1ccsc1C(=O)N(CCCO)C(C)C. The lowest BCUT2D eigenvalue weighted by atomic mass is 10.2. The fourth-order valence-electron chi connectivity index (χ4n) is 1.58. The standard InChI is InChI=1S/C12H19NO3S/c1-9(2)13(6-4-7-14)12(15)11-10(16-3)5-8-17-11/h5,8-9,14H,4,6-7H2,1-3H3. The molecule has 0 atom stereocenters. The van der Waals surface area contributed by atoms with Crippen molar-refractivity contribution in [3.05, 3.63) is 16.3 Å². The number of rotatable bonds is 6. The number of hydrogen-bond acceptors (Lipinski definition) is 4. The van der Waals surface area contributed by atoms with Crippen LogP contribution in [0.5, 0.6) is 5.75 Å². The lowest BCUT2D eigenvalue weighted by Crippen LogP contribution is -2.37. The predicted molar refractivity (Wildman–Crippen MR) is 68.7 cm³/mol. The summed E-state index contributed by atoms with van der Waals surface area (Å²) in [5.74, 6) is 0.593. The van der Waals surface area contributed by atoms with Crippen LogP contribution in [0.15, 0.2) is 11.4 Å². The largest absolute Gasteiger partial charge is 0.495 e. The third kappa shape index (κ3) is 3.44. The van der Waals surface area contributed by atoms with Crippen LogP contribution in [0.1, 0.15) is 29.9 Å². The summed E-state index contributed by atoms with van der Waals surface area (Å²) in [6.07, 6.45) is 0.595. The maximum atomic E-state index is 12.3. The first-order valence-corrected chi connectivity index (χ1v) is 6.53. The second kappa shape index (κ2) is 6.61. The summed E-state index contributed by atoms with van der Waals surface area (Å²) < 4.78 is 5.15. The molecule has 4 nitrogen and oxygen atoms in total. The maximum absolute atomic E-state index is 12.3. The second-order valence-corrected chi connectivity index (χ2v) is 4.90. The van der Waals surface area contributed by atoms with E-state index in [0.717, 1.165) is 0 Å². The first kappa shape index (κ1) is 14.0. The quantitative estimate of drug-likeness (QED) is 0.848. The monoisotopic (exact) mass is 257 g/mol. The van der Waals surface area contributed by atoms with Crippen molar-refractivity contribution in [2.24, 2.45) is 0 Å². The van der Waals surface area contributed by atoms with E-state index in [2.05, 4.69) is 0 Å². The van der Waals surface area contributed by atoms with Crippen LogP contribution in [0.4, 0.5) is 0 Å². The normalized spacial score (nSPS) is 10.6. The van der Waals surface area contributed by atoms with Crippen LogP contribution in [-0.2, 0) is 0 Å². The summed E-state index contributed by atoms with van der Waals surface area (Å²) in [5, 5.41) is 10.7. The van der Waals surface area contributed by atoms with Gasteiger partial charge in [0.1, 0.15) is 10.6 Å². The van der Waals surface area contributed by atoms with Gasteiger partial charge < -0.3 is 14.7 Å². The summed E-state index contributed by atoms with van der Waals surface area (Å²) >= 11 is 1.38. The number of carbonyl (C=O) groups is 1. The molecule has 0 saturated heterocycles. The van der Waals surface area contributed by atoms with E-state index in [1.165, 1.54) is 11.3 Å². The molecule has 1 N–H and O–H groups in total. The molecule has 17 heavy (non-hydrogen) atoms.